The molecule has 188 valence electrons. The maximum absolute atomic E-state index is 13.6. The Morgan fingerprint density at radius 3 is 2.76 bits per heavy atom. The average Bonchev–Trinajstić information content (AvgIpc) is 3.56. The molecule has 0 bridgehead atoms. The number of pyridine rings is 2. The molecule has 4 N–H and O–H groups in total. The zero-order valence-corrected chi connectivity index (χ0v) is 20.3. The zero-order chi connectivity index (χ0) is 26.2. The minimum absolute atomic E-state index is 0.136. The molecule has 0 saturated carbocycles. The van der Waals surface area contributed by atoms with E-state index >= 15 is 0 Å². The Hall–Kier alpha value is -5.25. The molecule has 0 saturated heterocycles. The maximum Gasteiger partial charge on any atom is 0.255 e. The normalized spacial score (nSPS) is 11.2. The van der Waals surface area contributed by atoms with Crippen LogP contribution in [0.4, 0.5) is 10.2 Å². The van der Waals surface area contributed by atoms with Crippen molar-refractivity contribution in [2.75, 3.05) is 12.8 Å². The van der Waals surface area contributed by atoms with Crippen molar-refractivity contribution in [1.82, 2.24) is 29.9 Å². The smallest absolute Gasteiger partial charge is 0.255 e. The zero-order valence-electron chi connectivity index (χ0n) is 20.3. The molecule has 6 aromatic rings. The van der Waals surface area contributed by atoms with Gasteiger partial charge in [0.25, 0.3) is 5.91 Å². The van der Waals surface area contributed by atoms with Gasteiger partial charge in [-0.15, -0.1) is 0 Å². The molecule has 38 heavy (non-hydrogen) atoms. The lowest BCUT2D eigenvalue weighted by atomic mass is 10.0. The van der Waals surface area contributed by atoms with E-state index in [9.17, 15) is 9.18 Å². The van der Waals surface area contributed by atoms with Gasteiger partial charge < -0.3 is 20.2 Å². The van der Waals surface area contributed by atoms with E-state index in [-0.39, 0.29) is 12.1 Å². The summed E-state index contributed by atoms with van der Waals surface area (Å²) in [6.45, 7) is 0.252. The standard InChI is InChI=1S/C28H22FN7O2/c1-38-22-10-9-18(29)12-19(22)28(37)32-13-16-5-7-17(8-6-16)24-23-26(34-35-27(23)30)20(14-31-24)25-21-4-2-3-11-36(21)15-33-25/h2-12,14-15H,13H2,1H3,(H,32,37)(H3,30,34,35). The van der Waals surface area contributed by atoms with E-state index in [1.165, 1.54) is 19.2 Å². The van der Waals surface area contributed by atoms with E-state index in [1.54, 1.807) is 12.5 Å². The van der Waals surface area contributed by atoms with Crippen molar-refractivity contribution in [3.63, 3.8) is 0 Å². The second kappa shape index (κ2) is 9.32. The fourth-order valence-corrected chi connectivity index (χ4v) is 4.51. The van der Waals surface area contributed by atoms with Crippen LogP contribution in [-0.2, 0) is 6.54 Å². The van der Waals surface area contributed by atoms with E-state index in [2.05, 4.69) is 20.5 Å². The van der Waals surface area contributed by atoms with Crippen LogP contribution in [0.2, 0.25) is 0 Å². The van der Waals surface area contributed by atoms with Crippen molar-refractivity contribution in [2.45, 2.75) is 6.54 Å². The first-order valence-electron chi connectivity index (χ1n) is 11.8. The lowest BCUT2D eigenvalue weighted by molar-refractivity contribution is 0.0947. The Morgan fingerprint density at radius 2 is 1.95 bits per heavy atom. The number of carbonyl (C=O) groups excluding carboxylic acids is 1. The third kappa shape index (κ3) is 3.97. The number of carbonyl (C=O) groups is 1. The quantitative estimate of drug-likeness (QED) is 0.303. The number of H-pyrrole nitrogens is 1. The van der Waals surface area contributed by atoms with Gasteiger partial charge in [-0.2, -0.15) is 5.10 Å². The number of anilines is 1. The molecule has 0 atom stereocenters. The highest BCUT2D eigenvalue weighted by Gasteiger charge is 2.19. The topological polar surface area (TPSA) is 123 Å². The number of halogens is 1. The number of amides is 1. The van der Waals surface area contributed by atoms with Crippen molar-refractivity contribution < 1.29 is 13.9 Å². The number of aromatic amines is 1. The van der Waals surface area contributed by atoms with Gasteiger partial charge in [0.1, 0.15) is 11.6 Å². The molecule has 6 rings (SSSR count). The largest absolute Gasteiger partial charge is 0.496 e. The third-order valence-corrected chi connectivity index (χ3v) is 6.41. The summed E-state index contributed by atoms with van der Waals surface area (Å²) >= 11 is 0. The fraction of sp³-hybridized carbons (Fsp3) is 0.0714. The number of nitrogens with two attached hydrogens (primary N) is 1. The van der Waals surface area contributed by atoms with Crippen LogP contribution in [0, 0.1) is 5.82 Å². The van der Waals surface area contributed by atoms with Crippen molar-refractivity contribution >= 4 is 28.1 Å². The molecule has 0 spiro atoms. The molecule has 0 aliphatic carbocycles. The number of nitrogens with one attached hydrogen (secondary N) is 2. The van der Waals surface area contributed by atoms with Crippen LogP contribution in [0.1, 0.15) is 15.9 Å². The number of fused-ring (bicyclic) bond motifs is 2. The first-order valence-corrected chi connectivity index (χ1v) is 11.8. The summed E-state index contributed by atoms with van der Waals surface area (Å²) in [6, 6.07) is 17.3. The van der Waals surface area contributed by atoms with E-state index in [0.29, 0.717) is 22.6 Å². The molecule has 0 fully saturated rings. The van der Waals surface area contributed by atoms with Gasteiger partial charge in [0.15, 0.2) is 5.82 Å². The Kier molecular flexibility index (Phi) is 5.68. The first kappa shape index (κ1) is 23.2. The van der Waals surface area contributed by atoms with Gasteiger partial charge in [0, 0.05) is 30.1 Å². The number of hydrogen-bond donors (Lipinski definition) is 3. The molecular formula is C28H22FN7O2. The third-order valence-electron chi connectivity index (χ3n) is 6.41. The number of methoxy groups -OCH3 is 1. The van der Waals surface area contributed by atoms with Crippen LogP contribution in [-0.4, -0.2) is 37.6 Å². The van der Waals surface area contributed by atoms with E-state index < -0.39 is 11.7 Å². The fourth-order valence-electron chi connectivity index (χ4n) is 4.51. The minimum Gasteiger partial charge on any atom is -0.496 e. The van der Waals surface area contributed by atoms with Crippen LogP contribution >= 0.6 is 0 Å². The summed E-state index contributed by atoms with van der Waals surface area (Å²) in [4.78, 5) is 21.9. The second-order valence-electron chi connectivity index (χ2n) is 8.69. The Morgan fingerprint density at radius 1 is 1.11 bits per heavy atom. The number of hydrogen-bond acceptors (Lipinski definition) is 6. The molecule has 9 nitrogen and oxygen atoms in total. The lowest BCUT2D eigenvalue weighted by Crippen LogP contribution is -2.23. The Bertz CT molecular complexity index is 1810. The van der Waals surface area contributed by atoms with Crippen molar-refractivity contribution in [3.05, 3.63) is 96.3 Å². The van der Waals surface area contributed by atoms with Crippen molar-refractivity contribution in [3.8, 4) is 28.3 Å². The summed E-state index contributed by atoms with van der Waals surface area (Å²) in [7, 11) is 1.44. The molecule has 10 heteroatoms. The molecule has 4 aromatic heterocycles. The summed E-state index contributed by atoms with van der Waals surface area (Å²) in [5.41, 5.74) is 12.0. The number of nitrogen functional groups attached to an aromatic ring is 1. The highest BCUT2D eigenvalue weighted by molar-refractivity contribution is 6.07. The molecule has 0 radical (unpaired) electrons. The van der Waals surface area contributed by atoms with E-state index in [1.807, 2.05) is 53.1 Å². The van der Waals surface area contributed by atoms with Crippen molar-refractivity contribution in [1.29, 1.82) is 0 Å². The molecule has 0 unspecified atom stereocenters. The second-order valence-corrected chi connectivity index (χ2v) is 8.69. The van der Waals surface area contributed by atoms with Gasteiger partial charge in [0.2, 0.25) is 0 Å². The van der Waals surface area contributed by atoms with Crippen LogP contribution in [0.3, 0.4) is 0 Å². The highest BCUT2D eigenvalue weighted by atomic mass is 19.1. The molecule has 1 amide bonds. The molecular weight excluding hydrogens is 485 g/mol. The predicted octanol–water partition coefficient (Wildman–Crippen LogP) is 4.60. The molecule has 4 heterocycles. The van der Waals surface area contributed by atoms with Gasteiger partial charge in [-0.3, -0.25) is 14.9 Å². The maximum atomic E-state index is 13.6. The average molecular weight is 508 g/mol. The number of nitrogens with zero attached hydrogens (tertiary/aromatic N) is 4. The van der Waals surface area contributed by atoms with Gasteiger partial charge >= 0.3 is 0 Å². The summed E-state index contributed by atoms with van der Waals surface area (Å²) < 4.78 is 20.8. The van der Waals surface area contributed by atoms with Crippen LogP contribution < -0.4 is 15.8 Å². The van der Waals surface area contributed by atoms with Gasteiger partial charge in [-0.1, -0.05) is 30.3 Å². The summed E-state index contributed by atoms with van der Waals surface area (Å²) in [5.74, 6) is -0.292. The highest BCUT2D eigenvalue weighted by Crippen LogP contribution is 2.36. The van der Waals surface area contributed by atoms with Crippen LogP contribution in [0.25, 0.3) is 38.9 Å². The molecule has 0 aliphatic heterocycles. The van der Waals surface area contributed by atoms with Gasteiger partial charge in [-0.25, -0.2) is 9.37 Å². The Labute approximate surface area is 216 Å². The summed E-state index contributed by atoms with van der Waals surface area (Å²) in [6.07, 6.45) is 5.46. The first-order chi connectivity index (χ1) is 18.5. The number of benzene rings is 2. The van der Waals surface area contributed by atoms with E-state index in [0.717, 1.165) is 39.5 Å². The van der Waals surface area contributed by atoms with Crippen molar-refractivity contribution in [2.24, 2.45) is 0 Å². The van der Waals surface area contributed by atoms with Crippen LogP contribution in [0.5, 0.6) is 5.75 Å². The van der Waals surface area contributed by atoms with Gasteiger partial charge in [-0.05, 0) is 35.9 Å². The Balaban J connectivity index is 1.28. The minimum atomic E-state index is -0.509. The van der Waals surface area contributed by atoms with Crippen LogP contribution in [0.15, 0.2) is 79.4 Å². The number of imidazole rings is 1. The molecule has 2 aromatic carbocycles. The molecule has 0 aliphatic rings. The van der Waals surface area contributed by atoms with Gasteiger partial charge in [0.05, 0.1) is 46.8 Å². The summed E-state index contributed by atoms with van der Waals surface area (Å²) in [5, 5.41) is 10.8. The van der Waals surface area contributed by atoms with E-state index in [4.69, 9.17) is 15.5 Å². The monoisotopic (exact) mass is 507 g/mol. The number of ether oxygens (including phenoxy) is 1. The lowest BCUT2D eigenvalue weighted by Gasteiger charge is -2.10. The predicted molar refractivity (Wildman–Crippen MR) is 142 cm³/mol. The SMILES string of the molecule is COc1ccc(F)cc1C(=O)NCc1ccc(-c2ncc(-c3ncn4ccccc34)c3[nH]nc(N)c23)cc1. The number of aromatic nitrogens is 5. The number of rotatable bonds is 6.